The molecule has 2 fully saturated rings. The van der Waals surface area contributed by atoms with Crippen LogP contribution in [0, 0.1) is 23.6 Å². The van der Waals surface area contributed by atoms with Crippen molar-refractivity contribution in [2.24, 2.45) is 17.8 Å². The minimum absolute atomic E-state index is 0.370. The van der Waals surface area contributed by atoms with E-state index < -0.39 is 17.5 Å². The molecule has 1 aliphatic carbocycles. The van der Waals surface area contributed by atoms with Crippen molar-refractivity contribution in [3.8, 4) is 0 Å². The Hall–Kier alpha value is -3.99. The number of carbonyl (C=O) groups is 1. The van der Waals surface area contributed by atoms with E-state index in [0.29, 0.717) is 45.1 Å². The second kappa shape index (κ2) is 9.27. The number of rotatable bonds is 4. The van der Waals surface area contributed by atoms with E-state index in [9.17, 15) is 4.79 Å². The second-order valence-electron chi connectivity index (χ2n) is 12.0. The molecule has 1 amide bonds. The highest BCUT2D eigenvalue weighted by Gasteiger charge is 2.53. The number of aromatic amines is 1. The zero-order chi connectivity index (χ0) is 28.6. The van der Waals surface area contributed by atoms with Crippen LogP contribution in [0.5, 0.6) is 0 Å². The maximum atomic E-state index is 15.1. The summed E-state index contributed by atoms with van der Waals surface area (Å²) in [7, 11) is 1.58. The average molecular weight is 572 g/mol. The number of nitrogens with zero attached hydrogens (tertiary/aromatic N) is 6. The first kappa shape index (κ1) is 25.9. The van der Waals surface area contributed by atoms with E-state index in [0.717, 1.165) is 40.2 Å². The Balaban J connectivity index is 1.36. The van der Waals surface area contributed by atoms with Crippen molar-refractivity contribution in [1.29, 1.82) is 0 Å². The number of halogens is 1. The standard InChI is InChI=1S/C30H30FN7O2S/c1-15-19-13-38(14-20(15)19)27-24-18-9-16(31)10-23(37(5)29(39)40-30(2,3)4)25(18)34-26(24)35-28(36-27)41-17-11-22-21(33-12-17)7-6-8-32-22/h6-12,15,19-20H,13-14H2,1-5H3,(H,34,35,36)/t15-,19-,20+. The number of hydrogen-bond acceptors (Lipinski definition) is 8. The zero-order valence-electron chi connectivity index (χ0n) is 23.5. The monoisotopic (exact) mass is 571 g/mol. The van der Waals surface area contributed by atoms with Gasteiger partial charge in [0, 0.05) is 42.8 Å². The van der Waals surface area contributed by atoms with Gasteiger partial charge in [-0.25, -0.2) is 19.2 Å². The predicted octanol–water partition coefficient (Wildman–Crippen LogP) is 6.42. The smallest absolute Gasteiger partial charge is 0.414 e. The van der Waals surface area contributed by atoms with Crippen molar-refractivity contribution < 1.29 is 13.9 Å². The van der Waals surface area contributed by atoms with Gasteiger partial charge in [-0.05, 0) is 80.6 Å². The molecule has 0 bridgehead atoms. The molecular formula is C30H30FN7O2S. The summed E-state index contributed by atoms with van der Waals surface area (Å²) in [5.74, 6) is 2.31. The molecule has 41 heavy (non-hydrogen) atoms. The van der Waals surface area contributed by atoms with Crippen LogP contribution in [0.15, 0.2) is 52.8 Å². The molecule has 11 heteroatoms. The number of amides is 1. The summed E-state index contributed by atoms with van der Waals surface area (Å²) in [5, 5.41) is 1.92. The van der Waals surface area contributed by atoms with Gasteiger partial charge in [-0.3, -0.25) is 14.9 Å². The minimum Gasteiger partial charge on any atom is -0.443 e. The number of nitrogens with one attached hydrogen (secondary N) is 1. The largest absolute Gasteiger partial charge is 0.443 e. The Kier molecular flexibility index (Phi) is 5.86. The highest BCUT2D eigenvalue weighted by molar-refractivity contribution is 7.99. The fraction of sp³-hybridized carbons (Fsp3) is 0.367. The number of hydrogen-bond donors (Lipinski definition) is 1. The Bertz CT molecular complexity index is 1840. The quantitative estimate of drug-likeness (QED) is 0.247. The molecular weight excluding hydrogens is 541 g/mol. The molecule has 1 saturated carbocycles. The minimum atomic E-state index is -0.691. The van der Waals surface area contributed by atoms with Crippen molar-refractivity contribution in [1.82, 2.24) is 24.9 Å². The summed E-state index contributed by atoms with van der Waals surface area (Å²) in [6.07, 6.45) is 2.97. The summed E-state index contributed by atoms with van der Waals surface area (Å²) in [6.45, 7) is 9.49. The number of ether oxygens (including phenoxy) is 1. The number of H-pyrrole nitrogens is 1. The Morgan fingerprint density at radius 2 is 1.93 bits per heavy atom. The topological polar surface area (TPSA) is 100 Å². The highest BCUT2D eigenvalue weighted by Crippen LogP contribution is 2.53. The number of anilines is 2. The van der Waals surface area contributed by atoms with Crippen molar-refractivity contribution in [3.05, 3.63) is 48.5 Å². The maximum Gasteiger partial charge on any atom is 0.414 e. The summed E-state index contributed by atoms with van der Waals surface area (Å²) in [4.78, 5) is 39.7. The van der Waals surface area contributed by atoms with Crippen LogP contribution in [0.25, 0.3) is 33.0 Å². The molecule has 210 valence electrons. The summed E-state index contributed by atoms with van der Waals surface area (Å²) < 4.78 is 20.7. The number of pyridine rings is 2. The fourth-order valence-electron chi connectivity index (χ4n) is 5.87. The summed E-state index contributed by atoms with van der Waals surface area (Å²) in [5.41, 5.74) is 2.47. The molecule has 1 saturated heterocycles. The Labute approximate surface area is 240 Å². The molecule has 2 aliphatic rings. The van der Waals surface area contributed by atoms with Crippen molar-refractivity contribution in [2.45, 2.75) is 43.3 Å². The molecule has 4 aromatic heterocycles. The normalized spacial score (nSPS) is 20.1. The van der Waals surface area contributed by atoms with E-state index in [1.54, 1.807) is 40.2 Å². The molecule has 5 heterocycles. The van der Waals surface area contributed by atoms with Gasteiger partial charge in [-0.2, -0.15) is 0 Å². The lowest BCUT2D eigenvalue weighted by Crippen LogP contribution is -2.34. The molecule has 0 unspecified atom stereocenters. The van der Waals surface area contributed by atoms with Crippen LogP contribution in [0.3, 0.4) is 0 Å². The third-order valence-corrected chi connectivity index (χ3v) is 8.87. The van der Waals surface area contributed by atoms with Gasteiger partial charge in [0.25, 0.3) is 0 Å². The summed E-state index contributed by atoms with van der Waals surface area (Å²) >= 11 is 1.41. The van der Waals surface area contributed by atoms with Crippen molar-refractivity contribution >= 4 is 62.3 Å². The van der Waals surface area contributed by atoms with E-state index in [4.69, 9.17) is 14.7 Å². The van der Waals surface area contributed by atoms with Gasteiger partial charge in [0.05, 0.1) is 27.6 Å². The Morgan fingerprint density at radius 3 is 2.68 bits per heavy atom. The second-order valence-corrected chi connectivity index (χ2v) is 13.0. The summed E-state index contributed by atoms with van der Waals surface area (Å²) in [6, 6.07) is 8.58. The zero-order valence-corrected chi connectivity index (χ0v) is 24.3. The van der Waals surface area contributed by atoms with Crippen LogP contribution in [0.2, 0.25) is 0 Å². The third-order valence-electron chi connectivity index (χ3n) is 8.05. The molecule has 3 atom stereocenters. The molecule has 0 radical (unpaired) electrons. The number of piperidine rings is 1. The molecule has 7 rings (SSSR count). The van der Waals surface area contributed by atoms with E-state index in [1.165, 1.54) is 28.8 Å². The highest BCUT2D eigenvalue weighted by atomic mass is 32.2. The molecule has 1 aliphatic heterocycles. The van der Waals surface area contributed by atoms with Crippen LogP contribution in [0.1, 0.15) is 27.7 Å². The number of carbonyl (C=O) groups excluding carboxylic acids is 1. The first-order valence-corrected chi connectivity index (χ1v) is 14.5. The first-order chi connectivity index (χ1) is 19.6. The lowest BCUT2D eigenvalue weighted by atomic mass is 10.1. The lowest BCUT2D eigenvalue weighted by Gasteiger charge is -2.25. The SMILES string of the molecule is C[C@@H]1[C@H]2CN(c3nc(Sc4cnc5cccnc5c4)nc4[nH]c5c(N(C)C(=O)OC(C)(C)C)cc(F)cc5c34)C[C@@H]12. The molecule has 0 spiro atoms. The fourth-order valence-corrected chi connectivity index (χ4v) is 6.62. The molecule has 9 nitrogen and oxygen atoms in total. The lowest BCUT2D eigenvalue weighted by molar-refractivity contribution is 0.0589. The molecule has 1 aromatic carbocycles. The van der Waals surface area contributed by atoms with Gasteiger partial charge < -0.3 is 14.6 Å². The van der Waals surface area contributed by atoms with Gasteiger partial charge >= 0.3 is 6.09 Å². The first-order valence-electron chi connectivity index (χ1n) is 13.7. The van der Waals surface area contributed by atoms with E-state index >= 15 is 4.39 Å². The maximum absolute atomic E-state index is 15.1. The van der Waals surface area contributed by atoms with E-state index in [-0.39, 0.29) is 0 Å². The van der Waals surface area contributed by atoms with E-state index in [2.05, 4.69) is 26.8 Å². The van der Waals surface area contributed by atoms with Crippen molar-refractivity contribution in [2.75, 3.05) is 29.9 Å². The number of fused-ring (bicyclic) bond motifs is 5. The van der Waals surface area contributed by atoms with Gasteiger partial charge in [0.15, 0.2) is 5.16 Å². The van der Waals surface area contributed by atoms with Gasteiger partial charge in [0.1, 0.15) is 22.9 Å². The van der Waals surface area contributed by atoms with Crippen LogP contribution in [-0.2, 0) is 4.74 Å². The molecule has 5 aromatic rings. The number of benzene rings is 1. The van der Waals surface area contributed by atoms with Crippen LogP contribution in [-0.4, -0.2) is 56.8 Å². The van der Waals surface area contributed by atoms with Crippen LogP contribution < -0.4 is 9.80 Å². The van der Waals surface area contributed by atoms with Gasteiger partial charge in [-0.15, -0.1) is 0 Å². The van der Waals surface area contributed by atoms with Gasteiger partial charge in [0.2, 0.25) is 0 Å². The van der Waals surface area contributed by atoms with E-state index in [1.807, 2.05) is 18.2 Å². The number of aromatic nitrogens is 5. The van der Waals surface area contributed by atoms with Crippen molar-refractivity contribution in [3.63, 3.8) is 0 Å². The van der Waals surface area contributed by atoms with Crippen LogP contribution >= 0.6 is 11.8 Å². The average Bonchev–Trinajstić information content (AvgIpc) is 3.24. The Morgan fingerprint density at radius 1 is 1.15 bits per heavy atom. The van der Waals surface area contributed by atoms with Crippen LogP contribution in [0.4, 0.5) is 20.7 Å². The molecule has 1 N–H and O–H groups in total. The predicted molar refractivity (Wildman–Crippen MR) is 158 cm³/mol. The third kappa shape index (κ3) is 4.61. The van der Waals surface area contributed by atoms with Gasteiger partial charge in [-0.1, -0.05) is 6.92 Å².